The molecule has 1 heterocycles. The summed E-state index contributed by atoms with van der Waals surface area (Å²) < 4.78 is 15.5. The summed E-state index contributed by atoms with van der Waals surface area (Å²) >= 11 is 0. The normalized spacial score (nSPS) is 16.7. The van der Waals surface area contributed by atoms with E-state index in [-0.39, 0.29) is 25.7 Å². The van der Waals surface area contributed by atoms with Gasteiger partial charge in [-0.2, -0.15) is 0 Å². The molecular weight excluding hydrogens is 390 g/mol. The lowest BCUT2D eigenvalue weighted by Gasteiger charge is -2.41. The summed E-state index contributed by atoms with van der Waals surface area (Å²) in [6.45, 7) is 6.78. The molecule has 2 amide bonds. The average Bonchev–Trinajstić information content (AvgIpc) is 2.71. The van der Waals surface area contributed by atoms with Gasteiger partial charge in [0.15, 0.2) is 0 Å². The average molecular weight is 421 g/mol. The molecule has 1 unspecified atom stereocenters. The van der Waals surface area contributed by atoms with Crippen molar-refractivity contribution in [2.75, 3.05) is 39.8 Å². The standard InChI is InChI=1S/C21H31N3O6/c1-21(2,3)30-19(26)23-10-11-24(17(14-23)12-22-13-18(25)28-4)20(27)29-15-16-8-6-5-7-9-16/h5-9,17,22H,10-15H2,1-4H3. The van der Waals surface area contributed by atoms with Gasteiger partial charge in [0.05, 0.1) is 19.7 Å². The molecule has 1 atom stereocenters. The fraction of sp³-hybridized carbons (Fsp3) is 0.571. The van der Waals surface area contributed by atoms with Crippen LogP contribution in [0.5, 0.6) is 0 Å². The summed E-state index contributed by atoms with van der Waals surface area (Å²) in [5.74, 6) is -0.409. The highest BCUT2D eigenvalue weighted by Gasteiger charge is 2.35. The summed E-state index contributed by atoms with van der Waals surface area (Å²) in [6.07, 6.45) is -0.898. The largest absolute Gasteiger partial charge is 0.468 e. The van der Waals surface area contributed by atoms with Crippen LogP contribution in [-0.2, 0) is 25.6 Å². The molecule has 1 aromatic rings. The Balaban J connectivity index is 2.00. The lowest BCUT2D eigenvalue weighted by Crippen LogP contribution is -2.60. The van der Waals surface area contributed by atoms with E-state index in [9.17, 15) is 14.4 Å². The highest BCUT2D eigenvalue weighted by Crippen LogP contribution is 2.16. The maximum atomic E-state index is 12.7. The number of amides is 2. The molecule has 0 bridgehead atoms. The van der Waals surface area contributed by atoms with Crippen LogP contribution >= 0.6 is 0 Å². The molecule has 0 saturated carbocycles. The second-order valence-electron chi connectivity index (χ2n) is 8.02. The number of methoxy groups -OCH3 is 1. The van der Waals surface area contributed by atoms with Gasteiger partial charge in [0, 0.05) is 26.2 Å². The summed E-state index contributed by atoms with van der Waals surface area (Å²) in [6, 6.07) is 9.03. The first-order valence-electron chi connectivity index (χ1n) is 9.92. The van der Waals surface area contributed by atoms with Crippen LogP contribution in [-0.4, -0.2) is 79.4 Å². The molecule has 1 aliphatic rings. The molecular formula is C21H31N3O6. The number of carbonyl (C=O) groups excluding carboxylic acids is 3. The van der Waals surface area contributed by atoms with Gasteiger partial charge < -0.3 is 29.3 Å². The zero-order valence-corrected chi connectivity index (χ0v) is 18.1. The van der Waals surface area contributed by atoms with E-state index < -0.39 is 23.8 Å². The Labute approximate surface area is 177 Å². The van der Waals surface area contributed by atoms with E-state index in [4.69, 9.17) is 9.47 Å². The fourth-order valence-corrected chi connectivity index (χ4v) is 2.98. The van der Waals surface area contributed by atoms with Crippen LogP contribution in [0.25, 0.3) is 0 Å². The van der Waals surface area contributed by atoms with Crippen LogP contribution in [0.4, 0.5) is 9.59 Å². The van der Waals surface area contributed by atoms with Gasteiger partial charge in [-0.1, -0.05) is 30.3 Å². The summed E-state index contributed by atoms with van der Waals surface area (Å²) in [5, 5.41) is 2.97. The highest BCUT2D eigenvalue weighted by molar-refractivity contribution is 5.72. The number of carbonyl (C=O) groups is 3. The SMILES string of the molecule is COC(=O)CNCC1CN(C(=O)OC(C)(C)C)CCN1C(=O)OCc1ccccc1. The molecule has 2 rings (SSSR count). The second kappa shape index (κ2) is 10.8. The minimum Gasteiger partial charge on any atom is -0.468 e. The minimum atomic E-state index is -0.610. The summed E-state index contributed by atoms with van der Waals surface area (Å²) in [5.41, 5.74) is 0.278. The molecule has 0 radical (unpaired) electrons. The van der Waals surface area contributed by atoms with Gasteiger partial charge in [0.1, 0.15) is 12.2 Å². The molecule has 1 aromatic carbocycles. The van der Waals surface area contributed by atoms with E-state index in [0.29, 0.717) is 19.6 Å². The number of rotatable bonds is 6. The zero-order chi connectivity index (χ0) is 22.1. The fourth-order valence-electron chi connectivity index (χ4n) is 2.98. The van der Waals surface area contributed by atoms with Crippen LogP contribution in [0.15, 0.2) is 30.3 Å². The van der Waals surface area contributed by atoms with E-state index in [1.54, 1.807) is 30.6 Å². The monoisotopic (exact) mass is 421 g/mol. The van der Waals surface area contributed by atoms with Gasteiger partial charge in [-0.25, -0.2) is 9.59 Å². The van der Waals surface area contributed by atoms with E-state index in [2.05, 4.69) is 10.1 Å². The number of piperazine rings is 1. The van der Waals surface area contributed by atoms with Crippen LogP contribution in [0.1, 0.15) is 26.3 Å². The van der Waals surface area contributed by atoms with Gasteiger partial charge in [-0.15, -0.1) is 0 Å². The van der Waals surface area contributed by atoms with Crippen molar-refractivity contribution in [2.24, 2.45) is 0 Å². The third kappa shape index (κ3) is 7.55. The number of hydrogen-bond acceptors (Lipinski definition) is 7. The Morgan fingerprint density at radius 3 is 2.43 bits per heavy atom. The highest BCUT2D eigenvalue weighted by atomic mass is 16.6. The van der Waals surface area contributed by atoms with Crippen LogP contribution in [0.2, 0.25) is 0 Å². The lowest BCUT2D eigenvalue weighted by atomic mass is 10.1. The number of ether oxygens (including phenoxy) is 3. The first-order valence-corrected chi connectivity index (χ1v) is 9.92. The molecule has 0 aromatic heterocycles. The first kappa shape index (κ1) is 23.5. The zero-order valence-electron chi connectivity index (χ0n) is 18.1. The van der Waals surface area contributed by atoms with Gasteiger partial charge in [0.25, 0.3) is 0 Å². The topological polar surface area (TPSA) is 97.4 Å². The molecule has 166 valence electrons. The second-order valence-corrected chi connectivity index (χ2v) is 8.02. The smallest absolute Gasteiger partial charge is 0.410 e. The molecule has 9 nitrogen and oxygen atoms in total. The number of benzene rings is 1. The predicted molar refractivity (Wildman–Crippen MR) is 110 cm³/mol. The number of nitrogens with one attached hydrogen (secondary N) is 1. The Kier molecular flexibility index (Phi) is 8.46. The number of hydrogen-bond donors (Lipinski definition) is 1. The van der Waals surface area contributed by atoms with E-state index in [1.165, 1.54) is 7.11 Å². The first-order chi connectivity index (χ1) is 14.2. The quantitative estimate of drug-likeness (QED) is 0.554. The van der Waals surface area contributed by atoms with Gasteiger partial charge >= 0.3 is 18.2 Å². The number of esters is 1. The Morgan fingerprint density at radius 1 is 1.10 bits per heavy atom. The van der Waals surface area contributed by atoms with Crippen LogP contribution in [0.3, 0.4) is 0 Å². The van der Waals surface area contributed by atoms with Crippen molar-refractivity contribution >= 4 is 18.2 Å². The molecule has 1 fully saturated rings. The molecule has 1 aliphatic heterocycles. The van der Waals surface area contributed by atoms with Crippen LogP contribution < -0.4 is 5.32 Å². The third-order valence-electron chi connectivity index (χ3n) is 4.45. The van der Waals surface area contributed by atoms with Crippen LogP contribution in [0, 0.1) is 0 Å². The maximum absolute atomic E-state index is 12.7. The van der Waals surface area contributed by atoms with Gasteiger partial charge in [0.2, 0.25) is 0 Å². The molecule has 1 saturated heterocycles. The van der Waals surface area contributed by atoms with Gasteiger partial charge in [-0.05, 0) is 26.3 Å². The van der Waals surface area contributed by atoms with Crippen molar-refractivity contribution in [1.29, 1.82) is 0 Å². The maximum Gasteiger partial charge on any atom is 0.410 e. The van der Waals surface area contributed by atoms with Crippen molar-refractivity contribution in [3.8, 4) is 0 Å². The lowest BCUT2D eigenvalue weighted by molar-refractivity contribution is -0.139. The van der Waals surface area contributed by atoms with Crippen molar-refractivity contribution in [3.63, 3.8) is 0 Å². The van der Waals surface area contributed by atoms with E-state index in [1.807, 2.05) is 30.3 Å². The third-order valence-corrected chi connectivity index (χ3v) is 4.45. The predicted octanol–water partition coefficient (Wildman–Crippen LogP) is 2.01. The van der Waals surface area contributed by atoms with Crippen molar-refractivity contribution in [3.05, 3.63) is 35.9 Å². The molecule has 0 spiro atoms. The molecule has 30 heavy (non-hydrogen) atoms. The van der Waals surface area contributed by atoms with Gasteiger partial charge in [-0.3, -0.25) is 4.79 Å². The van der Waals surface area contributed by atoms with Crippen molar-refractivity contribution in [2.45, 2.75) is 39.0 Å². The van der Waals surface area contributed by atoms with E-state index >= 15 is 0 Å². The Hall–Kier alpha value is -2.81. The van der Waals surface area contributed by atoms with E-state index in [0.717, 1.165) is 5.56 Å². The minimum absolute atomic E-state index is 0.00629. The Bertz CT molecular complexity index is 719. The summed E-state index contributed by atoms with van der Waals surface area (Å²) in [7, 11) is 1.31. The van der Waals surface area contributed by atoms with Crippen molar-refractivity contribution < 1.29 is 28.6 Å². The summed E-state index contributed by atoms with van der Waals surface area (Å²) in [4.78, 5) is 39.7. The van der Waals surface area contributed by atoms with Crippen molar-refractivity contribution in [1.82, 2.24) is 15.1 Å². The number of nitrogens with zero attached hydrogens (tertiary/aromatic N) is 2. The Morgan fingerprint density at radius 2 is 1.80 bits per heavy atom. The molecule has 1 N–H and O–H groups in total. The molecule has 9 heteroatoms. The molecule has 0 aliphatic carbocycles.